The zero-order valence-corrected chi connectivity index (χ0v) is 14.5. The van der Waals surface area contributed by atoms with Crippen molar-refractivity contribution in [1.82, 2.24) is 25.5 Å². The maximum atomic E-state index is 12.0. The number of carbonyl (C=O) groups excluding carboxylic acids is 1. The van der Waals surface area contributed by atoms with Crippen LogP contribution >= 0.6 is 11.8 Å². The average molecular weight is 345 g/mol. The summed E-state index contributed by atoms with van der Waals surface area (Å²) in [7, 11) is 0. The summed E-state index contributed by atoms with van der Waals surface area (Å²) in [4.78, 5) is 12.0. The molecule has 0 bridgehead atoms. The lowest BCUT2D eigenvalue weighted by molar-refractivity contribution is -0.118. The first kappa shape index (κ1) is 17.0. The van der Waals surface area contributed by atoms with E-state index in [-0.39, 0.29) is 5.91 Å². The van der Waals surface area contributed by atoms with Gasteiger partial charge >= 0.3 is 0 Å². The molecule has 1 aliphatic carbocycles. The van der Waals surface area contributed by atoms with Gasteiger partial charge in [0.1, 0.15) is 0 Å². The second-order valence-corrected chi connectivity index (χ2v) is 7.07. The Morgan fingerprint density at radius 2 is 2.00 bits per heavy atom. The number of hydrogen-bond donors (Lipinski definition) is 1. The molecule has 0 saturated heterocycles. The zero-order chi connectivity index (χ0) is 16.6. The van der Waals surface area contributed by atoms with Crippen molar-refractivity contribution in [3.05, 3.63) is 41.7 Å². The summed E-state index contributed by atoms with van der Waals surface area (Å²) in [6.45, 7) is 0.397. The zero-order valence-electron chi connectivity index (χ0n) is 13.7. The van der Waals surface area contributed by atoms with Crippen LogP contribution in [0.25, 0.3) is 0 Å². The third-order valence-electron chi connectivity index (χ3n) is 4.27. The number of aromatic nitrogens is 4. The van der Waals surface area contributed by atoms with Crippen LogP contribution in [-0.2, 0) is 17.1 Å². The van der Waals surface area contributed by atoms with Gasteiger partial charge in [0.25, 0.3) is 0 Å². The van der Waals surface area contributed by atoms with E-state index in [1.54, 1.807) is 11.8 Å². The van der Waals surface area contributed by atoms with Gasteiger partial charge in [0.05, 0.1) is 18.3 Å². The molecule has 1 saturated carbocycles. The molecule has 2 aromatic rings. The Morgan fingerprint density at radius 1 is 1.21 bits per heavy atom. The van der Waals surface area contributed by atoms with Crippen molar-refractivity contribution in [2.75, 3.05) is 5.75 Å². The third-order valence-corrected chi connectivity index (χ3v) is 5.27. The third kappa shape index (κ3) is 4.80. The molecule has 1 aromatic heterocycles. The van der Waals surface area contributed by atoms with E-state index in [0.717, 1.165) is 24.4 Å². The minimum absolute atomic E-state index is 0.0223. The van der Waals surface area contributed by atoms with Crippen LogP contribution in [0.2, 0.25) is 0 Å². The monoisotopic (exact) mass is 345 g/mol. The van der Waals surface area contributed by atoms with Crippen molar-refractivity contribution >= 4 is 17.7 Å². The van der Waals surface area contributed by atoms with Gasteiger partial charge in [-0.15, -0.1) is 16.9 Å². The van der Waals surface area contributed by atoms with E-state index in [1.807, 2.05) is 22.9 Å². The van der Waals surface area contributed by atoms with Crippen LogP contribution in [0.15, 0.2) is 30.3 Å². The van der Waals surface area contributed by atoms with Crippen LogP contribution in [0.1, 0.15) is 49.5 Å². The number of nitrogens with zero attached hydrogens (tertiary/aromatic N) is 4. The molecule has 0 spiro atoms. The predicted octanol–water partition coefficient (Wildman–Crippen LogP) is 2.73. The Bertz CT molecular complexity index is 639. The molecule has 128 valence electrons. The van der Waals surface area contributed by atoms with E-state index < -0.39 is 0 Å². The van der Waals surface area contributed by atoms with E-state index in [2.05, 4.69) is 33.0 Å². The summed E-state index contributed by atoms with van der Waals surface area (Å²) < 4.78 is 1.90. The number of tetrazole rings is 1. The average Bonchev–Trinajstić information content (AvgIpc) is 3.10. The number of thioether (sulfide) groups is 1. The topological polar surface area (TPSA) is 72.7 Å². The van der Waals surface area contributed by atoms with E-state index in [1.165, 1.54) is 24.8 Å². The molecule has 24 heavy (non-hydrogen) atoms. The van der Waals surface area contributed by atoms with Gasteiger partial charge in [-0.05, 0) is 28.8 Å². The number of benzene rings is 1. The Morgan fingerprint density at radius 3 is 2.79 bits per heavy atom. The highest BCUT2D eigenvalue weighted by molar-refractivity contribution is 7.99. The molecule has 1 fully saturated rings. The molecule has 1 aromatic carbocycles. The summed E-state index contributed by atoms with van der Waals surface area (Å²) in [6, 6.07) is 10.6. The molecular weight excluding hydrogens is 322 g/mol. The summed E-state index contributed by atoms with van der Waals surface area (Å²) in [6.07, 6.45) is 6.00. The maximum absolute atomic E-state index is 12.0. The Kier molecular flexibility index (Phi) is 6.23. The van der Waals surface area contributed by atoms with Gasteiger partial charge in [-0.3, -0.25) is 4.79 Å². The van der Waals surface area contributed by atoms with E-state index in [9.17, 15) is 4.79 Å². The lowest BCUT2D eigenvalue weighted by Gasteiger charge is -2.22. The number of rotatable bonds is 7. The van der Waals surface area contributed by atoms with E-state index in [0.29, 0.717) is 18.3 Å². The molecule has 0 atom stereocenters. The Hall–Kier alpha value is -1.89. The van der Waals surface area contributed by atoms with Crippen LogP contribution in [0, 0.1) is 0 Å². The second-order valence-electron chi connectivity index (χ2n) is 6.09. The van der Waals surface area contributed by atoms with Gasteiger partial charge in [0.15, 0.2) is 5.82 Å². The fraction of sp³-hybridized carbons (Fsp3) is 0.529. The van der Waals surface area contributed by atoms with Crippen LogP contribution in [0.3, 0.4) is 0 Å². The van der Waals surface area contributed by atoms with Crippen LogP contribution < -0.4 is 5.32 Å². The minimum Gasteiger partial charge on any atom is -0.348 e. The molecule has 3 rings (SSSR count). The smallest absolute Gasteiger partial charge is 0.230 e. The van der Waals surface area contributed by atoms with Crippen LogP contribution in [0.4, 0.5) is 0 Å². The SMILES string of the molecule is O=C(CSCc1ccccc1)NCc1nnnn1C1CCCCC1. The number of hydrogen-bond acceptors (Lipinski definition) is 5. The maximum Gasteiger partial charge on any atom is 0.230 e. The minimum atomic E-state index is 0.0223. The molecule has 0 unspecified atom stereocenters. The lowest BCUT2D eigenvalue weighted by atomic mass is 9.96. The number of carbonyl (C=O) groups is 1. The molecule has 1 amide bonds. The van der Waals surface area contributed by atoms with Gasteiger partial charge in [-0.25, -0.2) is 4.68 Å². The van der Waals surface area contributed by atoms with Gasteiger partial charge in [0.2, 0.25) is 5.91 Å². The molecule has 0 radical (unpaired) electrons. The molecular formula is C17H23N5OS. The lowest BCUT2D eigenvalue weighted by Crippen LogP contribution is -2.27. The summed E-state index contributed by atoms with van der Waals surface area (Å²) in [5.41, 5.74) is 1.23. The van der Waals surface area contributed by atoms with Crippen molar-refractivity contribution in [3.8, 4) is 0 Å². The first-order valence-electron chi connectivity index (χ1n) is 8.48. The predicted molar refractivity (Wildman–Crippen MR) is 94.4 cm³/mol. The highest BCUT2D eigenvalue weighted by Gasteiger charge is 2.20. The highest BCUT2D eigenvalue weighted by atomic mass is 32.2. The molecule has 0 aliphatic heterocycles. The summed E-state index contributed by atoms with van der Waals surface area (Å²) >= 11 is 1.61. The van der Waals surface area contributed by atoms with Crippen molar-refractivity contribution in [2.24, 2.45) is 0 Å². The highest BCUT2D eigenvalue weighted by Crippen LogP contribution is 2.27. The Labute approximate surface area is 146 Å². The van der Waals surface area contributed by atoms with Gasteiger partial charge in [0, 0.05) is 5.75 Å². The molecule has 1 heterocycles. The number of nitrogens with one attached hydrogen (secondary N) is 1. The van der Waals surface area contributed by atoms with Gasteiger partial charge < -0.3 is 5.32 Å². The first-order valence-corrected chi connectivity index (χ1v) is 9.63. The molecule has 6 nitrogen and oxygen atoms in total. The molecule has 1 aliphatic rings. The molecule has 7 heteroatoms. The van der Waals surface area contributed by atoms with Crippen molar-refractivity contribution < 1.29 is 4.79 Å². The van der Waals surface area contributed by atoms with Crippen molar-refractivity contribution in [3.63, 3.8) is 0 Å². The largest absolute Gasteiger partial charge is 0.348 e. The first-order chi connectivity index (χ1) is 11.8. The Balaban J connectivity index is 1.42. The quantitative estimate of drug-likeness (QED) is 0.835. The normalized spacial score (nSPS) is 15.3. The summed E-state index contributed by atoms with van der Waals surface area (Å²) in [5.74, 6) is 2.06. The van der Waals surface area contributed by atoms with E-state index in [4.69, 9.17) is 0 Å². The fourth-order valence-corrected chi connectivity index (χ4v) is 3.82. The second kappa shape index (κ2) is 8.82. The van der Waals surface area contributed by atoms with Crippen LogP contribution in [-0.4, -0.2) is 31.9 Å². The van der Waals surface area contributed by atoms with Crippen molar-refractivity contribution in [1.29, 1.82) is 0 Å². The summed E-state index contributed by atoms with van der Waals surface area (Å²) in [5, 5.41) is 14.9. The van der Waals surface area contributed by atoms with Crippen LogP contribution in [0.5, 0.6) is 0 Å². The van der Waals surface area contributed by atoms with Gasteiger partial charge in [-0.2, -0.15) is 0 Å². The number of amides is 1. The van der Waals surface area contributed by atoms with E-state index >= 15 is 0 Å². The van der Waals surface area contributed by atoms with Crippen molar-refractivity contribution in [2.45, 2.75) is 50.4 Å². The fourth-order valence-electron chi connectivity index (χ4n) is 3.00. The van der Waals surface area contributed by atoms with Gasteiger partial charge in [-0.1, -0.05) is 49.6 Å². The standard InChI is InChI=1S/C17H23N5OS/c23-17(13-24-12-14-7-3-1-4-8-14)18-11-16-19-20-21-22(16)15-9-5-2-6-10-15/h1,3-4,7-8,15H,2,5-6,9-13H2,(H,18,23). The molecule has 1 N–H and O–H groups in total.